The molecule has 4 aromatic rings. The van der Waals surface area contributed by atoms with Crippen molar-refractivity contribution in [1.29, 1.82) is 5.26 Å². The molecule has 1 aliphatic carbocycles. The van der Waals surface area contributed by atoms with Gasteiger partial charge in [-0.2, -0.15) is 18.4 Å². The van der Waals surface area contributed by atoms with Crippen molar-refractivity contribution in [1.82, 2.24) is 23.9 Å². The van der Waals surface area contributed by atoms with E-state index in [1.54, 1.807) is 18.3 Å². The van der Waals surface area contributed by atoms with E-state index in [1.165, 1.54) is 22.9 Å². The quantitative estimate of drug-likeness (QED) is 0.447. The van der Waals surface area contributed by atoms with Crippen LogP contribution in [0.4, 0.5) is 13.2 Å². The lowest BCUT2D eigenvalue weighted by atomic mass is 9.99. The molecule has 0 saturated heterocycles. The molecule has 0 N–H and O–H groups in total. The van der Waals surface area contributed by atoms with E-state index in [2.05, 4.69) is 21.0 Å². The van der Waals surface area contributed by atoms with Gasteiger partial charge in [-0.25, -0.2) is 23.4 Å². The lowest BCUT2D eigenvalue weighted by molar-refractivity contribution is -0.137. The topological polar surface area (TPSA) is 106 Å². The highest BCUT2D eigenvalue weighted by Crippen LogP contribution is 2.48. The highest BCUT2D eigenvalue weighted by molar-refractivity contribution is 7.91. The molecule has 1 fully saturated rings. The number of hydrogen-bond acceptors (Lipinski definition) is 6. The van der Waals surface area contributed by atoms with Crippen LogP contribution in [0.25, 0.3) is 28.3 Å². The molecule has 0 aliphatic heterocycles. The number of pyridine rings is 2. The third-order valence-corrected chi connectivity index (χ3v) is 7.76. The Morgan fingerprint density at radius 1 is 1.24 bits per heavy atom. The van der Waals surface area contributed by atoms with Crippen molar-refractivity contribution in [3.63, 3.8) is 0 Å². The highest BCUT2D eigenvalue weighted by Gasteiger charge is 2.45. The fraction of sp³-hybridized carbons (Fsp3) is 0.333. The van der Waals surface area contributed by atoms with E-state index in [0.717, 1.165) is 11.6 Å². The minimum atomic E-state index is -4.59. The number of hydrogen-bond donors (Lipinski definition) is 0. The first-order valence-corrected chi connectivity index (χ1v) is 11.7. The monoisotopic (exact) mass is 474 g/mol. The maximum absolute atomic E-state index is 13.1. The van der Waals surface area contributed by atoms with Crippen LogP contribution >= 0.6 is 0 Å². The van der Waals surface area contributed by atoms with Gasteiger partial charge in [0.25, 0.3) is 0 Å². The van der Waals surface area contributed by atoms with E-state index in [-0.39, 0.29) is 33.5 Å². The molecule has 0 aromatic carbocycles. The molecular weight excluding hydrogens is 457 g/mol. The fourth-order valence-electron chi connectivity index (χ4n) is 3.93. The van der Waals surface area contributed by atoms with Gasteiger partial charge >= 0.3 is 6.18 Å². The van der Waals surface area contributed by atoms with Gasteiger partial charge in [-0.15, -0.1) is 0 Å². The summed E-state index contributed by atoms with van der Waals surface area (Å²) in [7, 11) is -2.26. The Morgan fingerprint density at radius 3 is 2.58 bits per heavy atom. The molecule has 0 spiro atoms. The predicted octanol–water partition coefficient (Wildman–Crippen LogP) is 3.65. The molecule has 0 atom stereocenters. The van der Waals surface area contributed by atoms with Crippen molar-refractivity contribution in [3.05, 3.63) is 41.7 Å². The zero-order valence-electron chi connectivity index (χ0n) is 17.5. The van der Waals surface area contributed by atoms with Gasteiger partial charge in [0.1, 0.15) is 16.9 Å². The lowest BCUT2D eigenvalue weighted by Gasteiger charge is -2.08. The predicted molar refractivity (Wildman–Crippen MR) is 112 cm³/mol. The van der Waals surface area contributed by atoms with Crippen LogP contribution in [0.1, 0.15) is 30.9 Å². The number of nitrogens with zero attached hydrogens (tertiary/aromatic N) is 6. The molecule has 4 aromatic heterocycles. The first kappa shape index (κ1) is 21.4. The average Bonchev–Trinajstić information content (AvgIpc) is 3.38. The van der Waals surface area contributed by atoms with Crippen LogP contribution in [0.15, 0.2) is 35.6 Å². The zero-order valence-corrected chi connectivity index (χ0v) is 18.4. The second kappa shape index (κ2) is 6.77. The standard InChI is InChI=1S/C21H17F3N6O2S/c1-3-33(31,32)19-16(28-15-9-12(4-7-30(15)19)20(11-25)5-6-20)18-27-14-8-13(21(22,23)24)10-26-17(14)29(18)2/h4,7-10H,3,5-6H2,1-2H3. The zero-order chi connectivity index (χ0) is 23.8. The summed E-state index contributed by atoms with van der Waals surface area (Å²) in [6.07, 6.45) is -0.889. The van der Waals surface area contributed by atoms with E-state index in [1.807, 2.05) is 0 Å². The summed E-state index contributed by atoms with van der Waals surface area (Å²) in [5.74, 6) is -0.131. The number of rotatable bonds is 4. The number of sulfone groups is 1. The number of aryl methyl sites for hydroxylation is 1. The minimum Gasteiger partial charge on any atom is -0.310 e. The number of aromatic nitrogens is 5. The van der Waals surface area contributed by atoms with Crippen molar-refractivity contribution in [2.75, 3.05) is 5.75 Å². The normalized spacial score (nSPS) is 15.8. The highest BCUT2D eigenvalue weighted by atomic mass is 32.2. The van der Waals surface area contributed by atoms with Gasteiger partial charge in [-0.05, 0) is 36.6 Å². The van der Waals surface area contributed by atoms with Crippen molar-refractivity contribution in [2.45, 2.75) is 36.4 Å². The van der Waals surface area contributed by atoms with Crippen LogP contribution in [0, 0.1) is 11.3 Å². The molecule has 5 rings (SSSR count). The van der Waals surface area contributed by atoms with Crippen molar-refractivity contribution in [2.24, 2.45) is 7.05 Å². The summed E-state index contributed by atoms with van der Waals surface area (Å²) in [5.41, 5.74) is -0.328. The maximum atomic E-state index is 13.1. The average molecular weight is 474 g/mol. The van der Waals surface area contributed by atoms with E-state index in [0.29, 0.717) is 24.7 Å². The van der Waals surface area contributed by atoms with Gasteiger partial charge in [-0.3, -0.25) is 4.40 Å². The van der Waals surface area contributed by atoms with Crippen LogP contribution < -0.4 is 0 Å². The van der Waals surface area contributed by atoms with Crippen LogP contribution in [0.2, 0.25) is 0 Å². The van der Waals surface area contributed by atoms with Gasteiger partial charge in [0, 0.05) is 19.4 Å². The smallest absolute Gasteiger partial charge is 0.310 e. The van der Waals surface area contributed by atoms with Crippen molar-refractivity contribution < 1.29 is 21.6 Å². The molecular formula is C21H17F3N6O2S. The largest absolute Gasteiger partial charge is 0.417 e. The first-order valence-electron chi connectivity index (χ1n) is 10.1. The Hall–Kier alpha value is -3.46. The van der Waals surface area contributed by atoms with Crippen LogP contribution in [-0.2, 0) is 28.5 Å². The van der Waals surface area contributed by atoms with Crippen LogP contribution in [-0.4, -0.2) is 38.1 Å². The number of nitriles is 1. The lowest BCUT2D eigenvalue weighted by Crippen LogP contribution is -2.10. The number of fused-ring (bicyclic) bond motifs is 2. The second-order valence-electron chi connectivity index (χ2n) is 8.07. The molecule has 4 heterocycles. The van der Waals surface area contributed by atoms with Crippen LogP contribution in [0.3, 0.4) is 0 Å². The minimum absolute atomic E-state index is 0.0184. The van der Waals surface area contributed by atoms with E-state index in [4.69, 9.17) is 0 Å². The van der Waals surface area contributed by atoms with Gasteiger partial charge in [0.05, 0.1) is 22.8 Å². The SMILES string of the molecule is CCS(=O)(=O)c1c(-c2nc3cc(C(F)(F)F)cnc3n2C)nc2cc(C3(C#N)CC3)ccn12. The Morgan fingerprint density at radius 2 is 1.97 bits per heavy atom. The van der Waals surface area contributed by atoms with Crippen molar-refractivity contribution in [3.8, 4) is 17.6 Å². The summed E-state index contributed by atoms with van der Waals surface area (Å²) >= 11 is 0. The summed E-state index contributed by atoms with van der Waals surface area (Å²) in [6.45, 7) is 1.49. The maximum Gasteiger partial charge on any atom is 0.417 e. The molecule has 0 radical (unpaired) electrons. The van der Waals surface area contributed by atoms with E-state index < -0.39 is 27.0 Å². The van der Waals surface area contributed by atoms with E-state index in [9.17, 15) is 26.9 Å². The molecule has 1 saturated carbocycles. The Balaban J connectivity index is 1.78. The van der Waals surface area contributed by atoms with Crippen LogP contribution in [0.5, 0.6) is 0 Å². The first-order chi connectivity index (χ1) is 15.5. The van der Waals surface area contributed by atoms with E-state index >= 15 is 0 Å². The Bertz CT molecular complexity index is 1590. The number of halogens is 3. The third-order valence-electron chi connectivity index (χ3n) is 6.02. The number of imidazole rings is 2. The number of alkyl halides is 3. The molecule has 170 valence electrons. The molecule has 0 unspecified atom stereocenters. The van der Waals surface area contributed by atoms with Gasteiger partial charge in [0.15, 0.2) is 26.3 Å². The summed E-state index contributed by atoms with van der Waals surface area (Å²) in [4.78, 5) is 12.7. The summed E-state index contributed by atoms with van der Waals surface area (Å²) in [5, 5.41) is 9.40. The summed E-state index contributed by atoms with van der Waals surface area (Å²) in [6, 6.07) is 6.55. The van der Waals surface area contributed by atoms with Gasteiger partial charge < -0.3 is 4.57 Å². The summed E-state index contributed by atoms with van der Waals surface area (Å²) < 4.78 is 68.3. The molecule has 0 amide bonds. The second-order valence-corrected chi connectivity index (χ2v) is 10.3. The molecule has 12 heteroatoms. The van der Waals surface area contributed by atoms with Gasteiger partial charge in [-0.1, -0.05) is 6.92 Å². The Labute approximate surface area is 186 Å². The molecule has 0 bridgehead atoms. The van der Waals surface area contributed by atoms with Crippen molar-refractivity contribution >= 4 is 26.6 Å². The fourth-order valence-corrected chi connectivity index (χ4v) is 5.09. The molecule has 33 heavy (non-hydrogen) atoms. The third kappa shape index (κ3) is 3.18. The Kier molecular flexibility index (Phi) is 4.39. The van der Waals surface area contributed by atoms with Gasteiger partial charge in [0.2, 0.25) is 0 Å². The molecule has 1 aliphatic rings. The molecule has 8 nitrogen and oxygen atoms in total.